The van der Waals surface area contributed by atoms with Gasteiger partial charge in [0.15, 0.2) is 5.82 Å². The molecule has 0 radical (unpaired) electrons. The Balaban J connectivity index is 1.50. The topological polar surface area (TPSA) is 92.2 Å². The number of ether oxygens (including phenoxy) is 1. The minimum absolute atomic E-state index is 0.0583. The van der Waals surface area contributed by atoms with Crippen molar-refractivity contribution in [1.82, 2.24) is 15.0 Å². The summed E-state index contributed by atoms with van der Waals surface area (Å²) in [5.74, 6) is 1.59. The second-order valence-electron chi connectivity index (χ2n) is 7.05. The number of carbonyl (C=O) groups is 1. The van der Waals surface area contributed by atoms with Crippen molar-refractivity contribution in [2.24, 2.45) is 0 Å². The zero-order chi connectivity index (χ0) is 20.4. The van der Waals surface area contributed by atoms with Crippen molar-refractivity contribution in [3.8, 4) is 23.3 Å². The highest BCUT2D eigenvalue weighted by Crippen LogP contribution is 2.34. The van der Waals surface area contributed by atoms with Gasteiger partial charge in [0.1, 0.15) is 5.75 Å². The maximum atomic E-state index is 12.6. The molecule has 0 N–H and O–H groups in total. The molecule has 1 aromatic heterocycles. The van der Waals surface area contributed by atoms with Gasteiger partial charge in [0.05, 0.1) is 24.8 Å². The fourth-order valence-electron chi connectivity index (χ4n) is 3.58. The highest BCUT2D eigenvalue weighted by atomic mass is 16.5. The van der Waals surface area contributed by atoms with E-state index in [1.54, 1.807) is 25.3 Å². The Kier molecular flexibility index (Phi) is 5.00. The molecule has 1 amide bonds. The number of nitriles is 1. The summed E-state index contributed by atoms with van der Waals surface area (Å²) in [7, 11) is 1.63. The summed E-state index contributed by atoms with van der Waals surface area (Å²) in [6.45, 7) is 2.54. The van der Waals surface area contributed by atoms with Crippen LogP contribution in [0.1, 0.15) is 42.3 Å². The van der Waals surface area contributed by atoms with E-state index >= 15 is 0 Å². The van der Waals surface area contributed by atoms with Crippen molar-refractivity contribution in [3.63, 3.8) is 0 Å². The number of methoxy groups -OCH3 is 1. The number of carbonyl (C=O) groups excluding carboxylic acids is 1. The smallest absolute Gasteiger partial charge is 0.257 e. The van der Waals surface area contributed by atoms with Gasteiger partial charge in [-0.05, 0) is 42.8 Å². The summed E-state index contributed by atoms with van der Waals surface area (Å²) in [6.07, 6.45) is 0.345. The van der Waals surface area contributed by atoms with Gasteiger partial charge in [0.25, 0.3) is 5.89 Å². The molecular formula is C22H20N4O3. The summed E-state index contributed by atoms with van der Waals surface area (Å²) >= 11 is 0. The first-order valence-electron chi connectivity index (χ1n) is 9.36. The molecule has 0 bridgehead atoms. The van der Waals surface area contributed by atoms with E-state index in [2.05, 4.69) is 16.2 Å². The molecule has 7 nitrogen and oxygen atoms in total. The zero-order valence-electron chi connectivity index (χ0n) is 16.2. The average Bonchev–Trinajstić information content (AvgIpc) is 3.40. The van der Waals surface area contributed by atoms with Gasteiger partial charge >= 0.3 is 0 Å². The van der Waals surface area contributed by atoms with Gasteiger partial charge in [-0.1, -0.05) is 23.4 Å². The van der Waals surface area contributed by atoms with Crippen LogP contribution in [0, 0.1) is 11.3 Å². The standard InChI is InChI=1S/C22H20N4O3/c1-14(16-6-8-19(28-2)9-7-16)26-13-18(11-20(26)27)21-24-22(29-25-21)17-5-3-4-15(10-17)12-23/h3-10,14,18H,11,13H2,1-2H3. The summed E-state index contributed by atoms with van der Waals surface area (Å²) < 4.78 is 10.6. The summed E-state index contributed by atoms with van der Waals surface area (Å²) in [5, 5.41) is 13.1. The van der Waals surface area contributed by atoms with Crippen LogP contribution in [0.25, 0.3) is 11.5 Å². The van der Waals surface area contributed by atoms with Gasteiger partial charge in [-0.25, -0.2) is 0 Å². The van der Waals surface area contributed by atoms with E-state index < -0.39 is 0 Å². The Labute approximate surface area is 168 Å². The van der Waals surface area contributed by atoms with E-state index in [1.165, 1.54) is 0 Å². The Morgan fingerprint density at radius 2 is 2.07 bits per heavy atom. The van der Waals surface area contributed by atoms with Crippen LogP contribution in [0.15, 0.2) is 53.1 Å². The van der Waals surface area contributed by atoms with Crippen LogP contribution in [0.2, 0.25) is 0 Å². The van der Waals surface area contributed by atoms with Gasteiger partial charge in [-0.3, -0.25) is 4.79 Å². The lowest BCUT2D eigenvalue weighted by Gasteiger charge is -2.25. The number of hydrogen-bond acceptors (Lipinski definition) is 6. The fraction of sp³-hybridized carbons (Fsp3) is 0.273. The van der Waals surface area contributed by atoms with Crippen LogP contribution < -0.4 is 4.74 Å². The minimum Gasteiger partial charge on any atom is -0.497 e. The van der Waals surface area contributed by atoms with Crippen molar-refractivity contribution >= 4 is 5.91 Å². The van der Waals surface area contributed by atoms with E-state index in [0.29, 0.717) is 35.8 Å². The number of hydrogen-bond donors (Lipinski definition) is 0. The molecule has 1 aliphatic heterocycles. The Morgan fingerprint density at radius 1 is 1.28 bits per heavy atom. The molecular weight excluding hydrogens is 368 g/mol. The van der Waals surface area contributed by atoms with Gasteiger partial charge in [0.2, 0.25) is 5.91 Å². The normalized spacial score (nSPS) is 17.2. The van der Waals surface area contributed by atoms with E-state index in [1.807, 2.05) is 42.2 Å². The fourth-order valence-corrected chi connectivity index (χ4v) is 3.58. The van der Waals surface area contributed by atoms with Crippen molar-refractivity contribution < 1.29 is 14.1 Å². The van der Waals surface area contributed by atoms with Crippen LogP contribution in [0.4, 0.5) is 0 Å². The molecule has 7 heteroatoms. The molecule has 1 fully saturated rings. The summed E-state index contributed by atoms with van der Waals surface area (Å²) in [4.78, 5) is 19.0. The predicted octanol–water partition coefficient (Wildman–Crippen LogP) is 3.69. The molecule has 0 saturated carbocycles. The first-order chi connectivity index (χ1) is 14.1. The molecule has 3 aromatic rings. The Morgan fingerprint density at radius 3 is 2.79 bits per heavy atom. The molecule has 1 aliphatic rings. The molecule has 2 unspecified atom stereocenters. The molecule has 29 heavy (non-hydrogen) atoms. The predicted molar refractivity (Wildman–Crippen MR) is 105 cm³/mol. The van der Waals surface area contributed by atoms with Crippen LogP contribution >= 0.6 is 0 Å². The molecule has 0 spiro atoms. The third-order valence-corrected chi connectivity index (χ3v) is 5.27. The van der Waals surface area contributed by atoms with E-state index in [4.69, 9.17) is 14.5 Å². The number of nitrogens with zero attached hydrogens (tertiary/aromatic N) is 4. The zero-order valence-corrected chi connectivity index (χ0v) is 16.2. The average molecular weight is 388 g/mol. The SMILES string of the molecule is COc1ccc(C(C)N2CC(c3noc(-c4cccc(C#N)c4)n3)CC2=O)cc1. The lowest BCUT2D eigenvalue weighted by atomic mass is 10.1. The van der Waals surface area contributed by atoms with Crippen LogP contribution in [-0.2, 0) is 4.79 Å². The summed E-state index contributed by atoms with van der Waals surface area (Å²) in [5.41, 5.74) is 2.26. The molecule has 4 rings (SSSR count). The lowest BCUT2D eigenvalue weighted by Crippen LogP contribution is -2.28. The number of amides is 1. The van der Waals surface area contributed by atoms with Crippen molar-refractivity contribution in [2.45, 2.75) is 25.3 Å². The number of benzene rings is 2. The lowest BCUT2D eigenvalue weighted by molar-refractivity contribution is -0.129. The highest BCUT2D eigenvalue weighted by molar-refractivity contribution is 5.80. The number of aromatic nitrogens is 2. The molecule has 146 valence electrons. The first kappa shape index (κ1) is 18.7. The van der Waals surface area contributed by atoms with Crippen LogP contribution in [-0.4, -0.2) is 34.6 Å². The molecule has 2 aromatic carbocycles. The third-order valence-electron chi connectivity index (χ3n) is 5.27. The largest absolute Gasteiger partial charge is 0.497 e. The van der Waals surface area contributed by atoms with Gasteiger partial charge < -0.3 is 14.2 Å². The minimum atomic E-state index is -0.125. The highest BCUT2D eigenvalue weighted by Gasteiger charge is 2.36. The van der Waals surface area contributed by atoms with Crippen molar-refractivity contribution in [3.05, 3.63) is 65.5 Å². The summed E-state index contributed by atoms with van der Waals surface area (Å²) in [6, 6.07) is 16.8. The maximum Gasteiger partial charge on any atom is 0.257 e. The van der Waals surface area contributed by atoms with Crippen molar-refractivity contribution in [1.29, 1.82) is 5.26 Å². The van der Waals surface area contributed by atoms with E-state index in [9.17, 15) is 4.79 Å². The van der Waals surface area contributed by atoms with Crippen molar-refractivity contribution in [2.75, 3.05) is 13.7 Å². The molecule has 1 saturated heterocycles. The Hall–Kier alpha value is -3.66. The van der Waals surface area contributed by atoms with Gasteiger partial charge in [-0.2, -0.15) is 10.2 Å². The number of rotatable bonds is 5. The van der Waals surface area contributed by atoms with Gasteiger partial charge in [-0.15, -0.1) is 0 Å². The third kappa shape index (κ3) is 3.69. The monoisotopic (exact) mass is 388 g/mol. The number of likely N-dealkylation sites (tertiary alicyclic amines) is 1. The maximum absolute atomic E-state index is 12.6. The molecule has 2 heterocycles. The quantitative estimate of drug-likeness (QED) is 0.662. The molecule has 2 atom stereocenters. The second-order valence-corrected chi connectivity index (χ2v) is 7.05. The van der Waals surface area contributed by atoms with E-state index in [0.717, 1.165) is 11.3 Å². The Bertz CT molecular complexity index is 1070. The van der Waals surface area contributed by atoms with Crippen LogP contribution in [0.3, 0.4) is 0 Å². The van der Waals surface area contributed by atoms with Crippen LogP contribution in [0.5, 0.6) is 5.75 Å². The van der Waals surface area contributed by atoms with E-state index in [-0.39, 0.29) is 17.9 Å². The van der Waals surface area contributed by atoms with Gasteiger partial charge in [0, 0.05) is 24.4 Å². The molecule has 0 aliphatic carbocycles. The first-order valence-corrected chi connectivity index (χ1v) is 9.36. The second kappa shape index (κ2) is 7.76.